The number of alkyl halides is 2. The predicted molar refractivity (Wildman–Crippen MR) is 75.9 cm³/mol. The third kappa shape index (κ3) is 5.05. The van der Waals surface area contributed by atoms with E-state index in [-0.39, 0.29) is 10.4 Å². The van der Waals surface area contributed by atoms with Crippen molar-refractivity contribution in [1.29, 1.82) is 0 Å². The summed E-state index contributed by atoms with van der Waals surface area (Å²) in [6.07, 6.45) is 0. The van der Waals surface area contributed by atoms with Crippen molar-refractivity contribution in [2.24, 2.45) is 0 Å². The molecule has 0 spiro atoms. The van der Waals surface area contributed by atoms with Gasteiger partial charge in [-0.15, -0.1) is 0 Å². The number of nitrogens with one attached hydrogen (secondary N) is 2. The van der Waals surface area contributed by atoms with E-state index in [4.69, 9.17) is 0 Å². The lowest BCUT2D eigenvalue weighted by atomic mass is 10.1. The third-order valence-electron chi connectivity index (χ3n) is 2.53. The molecule has 1 aromatic rings. The molecular formula is C13H20F2N2O2S. The van der Waals surface area contributed by atoms with Crippen molar-refractivity contribution in [2.75, 3.05) is 18.4 Å². The minimum absolute atomic E-state index is 0.0247. The first-order chi connectivity index (χ1) is 9.13. The Bertz CT molecular complexity index is 522. The Morgan fingerprint density at radius 3 is 2.10 bits per heavy atom. The van der Waals surface area contributed by atoms with Crippen LogP contribution in [0.1, 0.15) is 20.8 Å². The molecule has 7 heteroatoms. The molecule has 114 valence electrons. The fourth-order valence-electron chi connectivity index (χ4n) is 1.51. The van der Waals surface area contributed by atoms with Crippen molar-refractivity contribution < 1.29 is 17.2 Å². The van der Waals surface area contributed by atoms with Gasteiger partial charge in [-0.3, -0.25) is 0 Å². The molecule has 0 aromatic heterocycles. The van der Waals surface area contributed by atoms with Crippen LogP contribution in [0.3, 0.4) is 0 Å². The molecule has 1 rings (SSSR count). The molecule has 0 saturated heterocycles. The quantitative estimate of drug-likeness (QED) is 0.793. The van der Waals surface area contributed by atoms with E-state index in [1.807, 2.05) is 0 Å². The predicted octanol–water partition coefficient (Wildman–Crippen LogP) is 2.48. The fourth-order valence-corrected chi connectivity index (χ4v) is 2.23. The highest BCUT2D eigenvalue weighted by atomic mass is 32.2. The number of sulfone groups is 1. The van der Waals surface area contributed by atoms with Crippen LogP contribution in [0.25, 0.3) is 0 Å². The highest BCUT2D eigenvalue weighted by Crippen LogP contribution is 2.20. The van der Waals surface area contributed by atoms with Gasteiger partial charge >= 0.3 is 5.76 Å². The molecule has 0 heterocycles. The average Bonchev–Trinajstić information content (AvgIpc) is 2.34. The summed E-state index contributed by atoms with van der Waals surface area (Å²) < 4.78 is 47.2. The summed E-state index contributed by atoms with van der Waals surface area (Å²) in [7, 11) is -4.51. The number of hydrogen-bond acceptors (Lipinski definition) is 4. The van der Waals surface area contributed by atoms with Gasteiger partial charge in [-0.1, -0.05) is 0 Å². The van der Waals surface area contributed by atoms with E-state index < -0.39 is 15.6 Å². The van der Waals surface area contributed by atoms with Crippen molar-refractivity contribution in [1.82, 2.24) is 5.32 Å². The maximum atomic E-state index is 12.3. The number of halogens is 2. The van der Waals surface area contributed by atoms with Crippen LogP contribution in [-0.2, 0) is 9.84 Å². The van der Waals surface area contributed by atoms with Crippen molar-refractivity contribution in [2.45, 2.75) is 37.0 Å². The van der Waals surface area contributed by atoms with Crippen molar-refractivity contribution in [3.8, 4) is 0 Å². The topological polar surface area (TPSA) is 58.2 Å². The molecule has 0 aliphatic carbocycles. The molecule has 1 aromatic carbocycles. The van der Waals surface area contributed by atoms with Crippen LogP contribution in [0, 0.1) is 0 Å². The van der Waals surface area contributed by atoms with Crippen LogP contribution in [0.2, 0.25) is 0 Å². The molecule has 2 N–H and O–H groups in total. The number of anilines is 1. The first-order valence-corrected chi connectivity index (χ1v) is 7.78. The lowest BCUT2D eigenvalue weighted by Gasteiger charge is -2.20. The molecule has 0 aliphatic heterocycles. The lowest BCUT2D eigenvalue weighted by Crippen LogP contribution is -2.38. The minimum atomic E-state index is -4.51. The van der Waals surface area contributed by atoms with Crippen molar-refractivity contribution in [3.05, 3.63) is 24.3 Å². The lowest BCUT2D eigenvalue weighted by molar-refractivity contribution is 0.234. The minimum Gasteiger partial charge on any atom is -0.384 e. The zero-order valence-corrected chi connectivity index (χ0v) is 12.6. The van der Waals surface area contributed by atoms with Crippen LogP contribution >= 0.6 is 0 Å². The molecule has 0 fully saturated rings. The first kappa shape index (κ1) is 16.8. The van der Waals surface area contributed by atoms with Gasteiger partial charge in [0.2, 0.25) is 9.84 Å². The number of rotatable bonds is 6. The Hall–Kier alpha value is -1.21. The van der Waals surface area contributed by atoms with Crippen LogP contribution in [0.15, 0.2) is 29.2 Å². The molecular weight excluding hydrogens is 286 g/mol. The highest BCUT2D eigenvalue weighted by Gasteiger charge is 2.26. The maximum absolute atomic E-state index is 12.3. The number of benzene rings is 1. The standard InChI is InChI=1S/C13H20F2N2O2S/c1-13(2,3)17-9-8-16-10-4-6-11(7-5-10)20(18,19)12(14)15/h4-7,12,16-17H,8-9H2,1-3H3. The van der Waals surface area contributed by atoms with Gasteiger partial charge in [0, 0.05) is 24.3 Å². The second kappa shape index (κ2) is 6.49. The van der Waals surface area contributed by atoms with Gasteiger partial charge in [-0.25, -0.2) is 8.42 Å². The van der Waals surface area contributed by atoms with Gasteiger partial charge in [0.05, 0.1) is 4.90 Å². The summed E-state index contributed by atoms with van der Waals surface area (Å²) in [5.74, 6) is -3.39. The van der Waals surface area contributed by atoms with E-state index in [2.05, 4.69) is 31.4 Å². The average molecular weight is 306 g/mol. The van der Waals surface area contributed by atoms with Crippen LogP contribution < -0.4 is 10.6 Å². The Kier molecular flexibility index (Phi) is 5.47. The SMILES string of the molecule is CC(C)(C)NCCNc1ccc(S(=O)(=O)C(F)F)cc1. The monoisotopic (exact) mass is 306 g/mol. The van der Waals surface area contributed by atoms with Gasteiger partial charge in [0.15, 0.2) is 0 Å². The summed E-state index contributed by atoms with van der Waals surface area (Å²) >= 11 is 0. The van der Waals surface area contributed by atoms with E-state index >= 15 is 0 Å². The zero-order valence-electron chi connectivity index (χ0n) is 11.8. The van der Waals surface area contributed by atoms with E-state index in [9.17, 15) is 17.2 Å². The van der Waals surface area contributed by atoms with E-state index in [1.165, 1.54) is 24.3 Å². The Morgan fingerprint density at radius 2 is 1.65 bits per heavy atom. The smallest absolute Gasteiger partial charge is 0.341 e. The molecule has 0 aliphatic rings. The van der Waals surface area contributed by atoms with E-state index in [0.717, 1.165) is 6.54 Å². The second-order valence-corrected chi connectivity index (χ2v) is 7.35. The molecule has 0 saturated carbocycles. The Labute approximate surface area is 118 Å². The normalized spacial score (nSPS) is 12.7. The van der Waals surface area contributed by atoms with Crippen LogP contribution in [0.5, 0.6) is 0 Å². The van der Waals surface area contributed by atoms with Gasteiger partial charge in [-0.05, 0) is 45.0 Å². The molecule has 0 atom stereocenters. The third-order valence-corrected chi connectivity index (χ3v) is 3.93. The van der Waals surface area contributed by atoms with Gasteiger partial charge in [-0.2, -0.15) is 8.78 Å². The summed E-state index contributed by atoms with van der Waals surface area (Å²) in [6.45, 7) is 7.55. The van der Waals surface area contributed by atoms with Gasteiger partial charge in [0.25, 0.3) is 0 Å². The summed E-state index contributed by atoms with van der Waals surface area (Å²) in [5.41, 5.74) is 0.714. The molecule has 0 bridgehead atoms. The highest BCUT2D eigenvalue weighted by molar-refractivity contribution is 7.91. The Balaban J connectivity index is 2.56. The molecule has 4 nitrogen and oxygen atoms in total. The molecule has 0 unspecified atom stereocenters. The number of hydrogen-bond donors (Lipinski definition) is 2. The van der Waals surface area contributed by atoms with E-state index in [1.54, 1.807) is 0 Å². The van der Waals surface area contributed by atoms with Crippen molar-refractivity contribution >= 4 is 15.5 Å². The summed E-state index contributed by atoms with van der Waals surface area (Å²) in [5, 5.41) is 6.37. The zero-order chi connectivity index (χ0) is 15.4. The van der Waals surface area contributed by atoms with Gasteiger partial charge in [0.1, 0.15) is 0 Å². The molecule has 20 heavy (non-hydrogen) atoms. The first-order valence-electron chi connectivity index (χ1n) is 6.24. The summed E-state index contributed by atoms with van der Waals surface area (Å²) in [4.78, 5) is -0.370. The molecule has 0 radical (unpaired) electrons. The summed E-state index contributed by atoms with van der Waals surface area (Å²) in [6, 6.07) is 5.32. The maximum Gasteiger partial charge on any atom is 0.341 e. The van der Waals surface area contributed by atoms with Crippen LogP contribution in [-0.4, -0.2) is 32.8 Å². The Morgan fingerprint density at radius 1 is 1.10 bits per heavy atom. The molecule has 0 amide bonds. The van der Waals surface area contributed by atoms with Crippen LogP contribution in [0.4, 0.5) is 14.5 Å². The van der Waals surface area contributed by atoms with Crippen molar-refractivity contribution in [3.63, 3.8) is 0 Å². The second-order valence-electron chi connectivity index (χ2n) is 5.43. The largest absolute Gasteiger partial charge is 0.384 e. The van der Waals surface area contributed by atoms with Gasteiger partial charge < -0.3 is 10.6 Å². The van der Waals surface area contributed by atoms with E-state index in [0.29, 0.717) is 12.2 Å². The fraction of sp³-hybridized carbons (Fsp3) is 0.538.